The van der Waals surface area contributed by atoms with E-state index >= 15 is 0 Å². The van der Waals surface area contributed by atoms with Gasteiger partial charge in [0.15, 0.2) is 0 Å². The molecule has 1 heterocycles. The molecule has 2 aromatic rings. The number of halogens is 1. The van der Waals surface area contributed by atoms with Gasteiger partial charge >= 0.3 is 5.97 Å². The number of hydrogen-bond acceptors (Lipinski definition) is 5. The average molecular weight is 399 g/mol. The van der Waals surface area contributed by atoms with Gasteiger partial charge in [0, 0.05) is 5.69 Å². The van der Waals surface area contributed by atoms with Crippen molar-refractivity contribution in [2.24, 2.45) is 0 Å². The summed E-state index contributed by atoms with van der Waals surface area (Å²) < 4.78 is 4.97. The summed E-state index contributed by atoms with van der Waals surface area (Å²) in [6, 6.07) is 11.8. The van der Waals surface area contributed by atoms with Crippen LogP contribution in [0, 0.1) is 13.8 Å². The third kappa shape index (κ3) is 3.64. The van der Waals surface area contributed by atoms with Crippen LogP contribution in [0.25, 0.3) is 0 Å². The molecule has 6 nitrogen and oxygen atoms in total. The van der Waals surface area contributed by atoms with Crippen LogP contribution in [0.2, 0.25) is 0 Å². The number of nitrogens with zero attached hydrogens (tertiary/aromatic N) is 1. The van der Waals surface area contributed by atoms with Gasteiger partial charge in [-0.05, 0) is 56.2 Å². The topological polar surface area (TPSA) is 75.7 Å². The average Bonchev–Trinajstić information content (AvgIpc) is 2.88. The molecule has 0 saturated carbocycles. The fraction of sp³-hybridized carbons (Fsp3) is 0.190. The molecule has 0 aliphatic carbocycles. The van der Waals surface area contributed by atoms with E-state index in [1.54, 1.807) is 25.1 Å². The van der Waals surface area contributed by atoms with Gasteiger partial charge in [-0.1, -0.05) is 29.8 Å². The monoisotopic (exact) mass is 398 g/mol. The molecule has 2 amide bonds. The van der Waals surface area contributed by atoms with Crippen molar-refractivity contribution >= 4 is 40.8 Å². The molecule has 3 rings (SSSR count). The zero-order chi connectivity index (χ0) is 20.4. The van der Waals surface area contributed by atoms with E-state index in [2.05, 4.69) is 5.32 Å². The first kappa shape index (κ1) is 19.6. The second kappa shape index (κ2) is 7.86. The lowest BCUT2D eigenvalue weighted by Gasteiger charge is -2.16. The van der Waals surface area contributed by atoms with E-state index in [1.165, 1.54) is 6.07 Å². The first-order valence-corrected chi connectivity index (χ1v) is 9.11. The highest BCUT2D eigenvalue weighted by atomic mass is 35.5. The summed E-state index contributed by atoms with van der Waals surface area (Å²) in [4.78, 5) is 38.5. The number of nitrogens with one attached hydrogen (secondary N) is 1. The molecule has 0 saturated heterocycles. The van der Waals surface area contributed by atoms with Crippen LogP contribution in [-0.2, 0) is 14.3 Å². The summed E-state index contributed by atoms with van der Waals surface area (Å²) in [5.41, 5.74) is 3.09. The number of esters is 1. The van der Waals surface area contributed by atoms with Gasteiger partial charge in [0.1, 0.15) is 10.7 Å². The molecule has 0 aromatic heterocycles. The number of carbonyl (C=O) groups is 3. The van der Waals surface area contributed by atoms with Crippen molar-refractivity contribution < 1.29 is 19.1 Å². The van der Waals surface area contributed by atoms with Crippen molar-refractivity contribution in [3.8, 4) is 0 Å². The van der Waals surface area contributed by atoms with E-state index in [0.717, 1.165) is 16.0 Å². The predicted molar refractivity (Wildman–Crippen MR) is 107 cm³/mol. The Kier molecular flexibility index (Phi) is 5.51. The Labute approximate surface area is 167 Å². The minimum atomic E-state index is -0.652. The lowest BCUT2D eigenvalue weighted by molar-refractivity contribution is -0.120. The summed E-state index contributed by atoms with van der Waals surface area (Å²) in [5, 5.41) is 2.78. The largest absolute Gasteiger partial charge is 0.462 e. The smallest absolute Gasteiger partial charge is 0.338 e. The van der Waals surface area contributed by atoms with Crippen LogP contribution in [0.1, 0.15) is 28.4 Å². The van der Waals surface area contributed by atoms with Crippen molar-refractivity contribution in [2.75, 3.05) is 16.8 Å². The molecule has 0 fully saturated rings. The fourth-order valence-electron chi connectivity index (χ4n) is 2.84. The Hall–Kier alpha value is -3.12. The third-order valence-electron chi connectivity index (χ3n) is 4.30. The maximum atomic E-state index is 12.9. The first-order valence-electron chi connectivity index (χ1n) is 8.73. The summed E-state index contributed by atoms with van der Waals surface area (Å²) >= 11 is 6.18. The van der Waals surface area contributed by atoms with E-state index in [9.17, 15) is 14.4 Å². The van der Waals surface area contributed by atoms with E-state index in [-0.39, 0.29) is 28.6 Å². The molecule has 0 atom stereocenters. The molecule has 0 bridgehead atoms. The Morgan fingerprint density at radius 1 is 1.11 bits per heavy atom. The highest BCUT2D eigenvalue weighted by Crippen LogP contribution is 2.31. The van der Waals surface area contributed by atoms with E-state index < -0.39 is 17.8 Å². The standard InChI is InChI=1S/C21H19ClN2O4/c1-4-28-21(27)14-6-5-7-15(11-14)24-19(25)17(22)18(20(24)26)23-16-10-12(2)8-9-13(16)3/h5-11,23H,4H2,1-3H3. The Morgan fingerprint density at radius 2 is 1.86 bits per heavy atom. The van der Waals surface area contributed by atoms with Gasteiger partial charge in [-0.3, -0.25) is 9.59 Å². The number of carbonyl (C=O) groups excluding carboxylic acids is 3. The molecule has 7 heteroatoms. The molecular formula is C21H19ClN2O4. The molecular weight excluding hydrogens is 380 g/mol. The van der Waals surface area contributed by atoms with Gasteiger partial charge in [0.05, 0.1) is 17.9 Å². The highest BCUT2D eigenvalue weighted by Gasteiger charge is 2.39. The van der Waals surface area contributed by atoms with Gasteiger partial charge in [-0.15, -0.1) is 0 Å². The molecule has 1 N–H and O–H groups in total. The lowest BCUT2D eigenvalue weighted by atomic mass is 10.1. The third-order valence-corrected chi connectivity index (χ3v) is 4.65. The van der Waals surface area contributed by atoms with Gasteiger partial charge in [-0.25, -0.2) is 9.69 Å². The number of benzene rings is 2. The van der Waals surface area contributed by atoms with Crippen LogP contribution < -0.4 is 10.2 Å². The minimum Gasteiger partial charge on any atom is -0.462 e. The molecule has 0 spiro atoms. The molecule has 28 heavy (non-hydrogen) atoms. The second-order valence-corrected chi connectivity index (χ2v) is 6.73. The summed E-state index contributed by atoms with van der Waals surface area (Å²) in [6.07, 6.45) is 0. The van der Waals surface area contributed by atoms with Crippen molar-refractivity contribution in [3.63, 3.8) is 0 Å². The van der Waals surface area contributed by atoms with Crippen molar-refractivity contribution in [1.82, 2.24) is 0 Å². The van der Waals surface area contributed by atoms with E-state index in [4.69, 9.17) is 16.3 Å². The molecule has 144 valence electrons. The highest BCUT2D eigenvalue weighted by molar-refractivity contribution is 6.53. The van der Waals surface area contributed by atoms with Gasteiger partial charge in [0.2, 0.25) is 0 Å². The van der Waals surface area contributed by atoms with Gasteiger partial charge in [0.25, 0.3) is 11.8 Å². The maximum Gasteiger partial charge on any atom is 0.338 e. The second-order valence-electron chi connectivity index (χ2n) is 6.35. The Balaban J connectivity index is 1.92. The quantitative estimate of drug-likeness (QED) is 0.610. The number of hydrogen-bond donors (Lipinski definition) is 1. The van der Waals surface area contributed by atoms with Crippen LogP contribution in [0.15, 0.2) is 53.2 Å². The van der Waals surface area contributed by atoms with E-state index in [0.29, 0.717) is 5.69 Å². The number of rotatable bonds is 5. The van der Waals surface area contributed by atoms with Crippen molar-refractivity contribution in [2.45, 2.75) is 20.8 Å². The van der Waals surface area contributed by atoms with Crippen molar-refractivity contribution in [3.05, 3.63) is 69.9 Å². The van der Waals surface area contributed by atoms with Crippen LogP contribution in [0.5, 0.6) is 0 Å². The Bertz CT molecular complexity index is 1010. The molecule has 2 aromatic carbocycles. The van der Waals surface area contributed by atoms with Crippen LogP contribution >= 0.6 is 11.6 Å². The zero-order valence-corrected chi connectivity index (χ0v) is 16.5. The zero-order valence-electron chi connectivity index (χ0n) is 15.7. The van der Waals surface area contributed by atoms with Crippen LogP contribution in [-0.4, -0.2) is 24.4 Å². The normalized spacial score (nSPS) is 13.9. The fourth-order valence-corrected chi connectivity index (χ4v) is 3.05. The SMILES string of the molecule is CCOC(=O)c1cccc(N2C(=O)C(Cl)=C(Nc3cc(C)ccc3C)C2=O)c1. The predicted octanol–water partition coefficient (Wildman–Crippen LogP) is 3.92. The molecule has 1 aliphatic heterocycles. The summed E-state index contributed by atoms with van der Waals surface area (Å²) in [7, 11) is 0. The van der Waals surface area contributed by atoms with Crippen molar-refractivity contribution in [1.29, 1.82) is 0 Å². The first-order chi connectivity index (χ1) is 13.3. The van der Waals surface area contributed by atoms with Gasteiger partial charge < -0.3 is 10.1 Å². The molecule has 0 radical (unpaired) electrons. The maximum absolute atomic E-state index is 12.9. The number of anilines is 2. The molecule has 0 unspecified atom stereocenters. The van der Waals surface area contributed by atoms with E-state index in [1.807, 2.05) is 32.0 Å². The molecule has 1 aliphatic rings. The van der Waals surface area contributed by atoms with Crippen LogP contribution in [0.4, 0.5) is 11.4 Å². The minimum absolute atomic E-state index is 0.00176. The number of ether oxygens (including phenoxy) is 1. The number of amides is 2. The number of aryl methyl sites for hydroxylation is 2. The summed E-state index contributed by atoms with van der Waals surface area (Å²) in [6.45, 7) is 5.74. The summed E-state index contributed by atoms with van der Waals surface area (Å²) in [5.74, 6) is -1.77. The lowest BCUT2D eigenvalue weighted by Crippen LogP contribution is -2.32. The van der Waals surface area contributed by atoms with Crippen LogP contribution in [0.3, 0.4) is 0 Å². The van der Waals surface area contributed by atoms with Gasteiger partial charge in [-0.2, -0.15) is 0 Å². The number of imide groups is 1. The Morgan fingerprint density at radius 3 is 2.57 bits per heavy atom.